The van der Waals surface area contributed by atoms with Crippen LogP contribution in [0.4, 0.5) is 0 Å². The monoisotopic (exact) mass is 369 g/mol. The third-order valence-electron chi connectivity index (χ3n) is 3.58. The molecule has 0 saturated carbocycles. The Bertz CT molecular complexity index is 610. The van der Waals surface area contributed by atoms with E-state index in [4.69, 9.17) is 11.6 Å². The molecule has 3 nitrogen and oxygen atoms in total. The number of hydrogen-bond donors (Lipinski definition) is 1. The Hall–Kier alpha value is -0.840. The molecule has 5 heteroatoms. The van der Waals surface area contributed by atoms with E-state index in [-0.39, 0.29) is 6.04 Å². The van der Waals surface area contributed by atoms with Gasteiger partial charge in [0.1, 0.15) is 0 Å². The van der Waals surface area contributed by atoms with Gasteiger partial charge in [0.15, 0.2) is 0 Å². The number of rotatable bonds is 6. The van der Waals surface area contributed by atoms with Crippen molar-refractivity contribution in [3.63, 3.8) is 0 Å². The summed E-state index contributed by atoms with van der Waals surface area (Å²) in [6, 6.07) is 8.22. The minimum atomic E-state index is 0.185. The van der Waals surface area contributed by atoms with Gasteiger partial charge in [0, 0.05) is 24.5 Å². The number of nitrogens with one attached hydrogen (secondary N) is 1. The normalized spacial score (nSPS) is 12.6. The van der Waals surface area contributed by atoms with Gasteiger partial charge in [-0.1, -0.05) is 36.7 Å². The zero-order chi connectivity index (χ0) is 15.4. The second kappa shape index (κ2) is 7.43. The van der Waals surface area contributed by atoms with Crippen LogP contribution in [0, 0.1) is 6.92 Å². The largest absolute Gasteiger partial charge is 0.310 e. The van der Waals surface area contributed by atoms with Crippen molar-refractivity contribution in [2.45, 2.75) is 32.7 Å². The van der Waals surface area contributed by atoms with E-state index in [1.165, 1.54) is 5.69 Å². The molecular weight excluding hydrogens is 350 g/mol. The van der Waals surface area contributed by atoms with Crippen LogP contribution in [0.25, 0.3) is 0 Å². The third kappa shape index (κ3) is 3.87. The van der Waals surface area contributed by atoms with Crippen molar-refractivity contribution in [3.05, 3.63) is 50.7 Å². The fraction of sp³-hybridized carbons (Fsp3) is 0.438. The number of nitrogens with zero attached hydrogens (tertiary/aromatic N) is 2. The average molecular weight is 371 g/mol. The van der Waals surface area contributed by atoms with E-state index in [0.29, 0.717) is 0 Å². The van der Waals surface area contributed by atoms with Gasteiger partial charge in [-0.3, -0.25) is 4.68 Å². The van der Waals surface area contributed by atoms with Crippen molar-refractivity contribution in [3.8, 4) is 0 Å². The summed E-state index contributed by atoms with van der Waals surface area (Å²) < 4.78 is 3.03. The molecule has 21 heavy (non-hydrogen) atoms. The van der Waals surface area contributed by atoms with E-state index in [1.54, 1.807) is 0 Å². The molecule has 0 aliphatic carbocycles. The van der Waals surface area contributed by atoms with Gasteiger partial charge in [0.2, 0.25) is 0 Å². The van der Waals surface area contributed by atoms with Gasteiger partial charge in [-0.15, -0.1) is 0 Å². The number of aromatic nitrogens is 2. The highest BCUT2D eigenvalue weighted by molar-refractivity contribution is 9.10. The Labute approximate surface area is 139 Å². The summed E-state index contributed by atoms with van der Waals surface area (Å²) >= 11 is 10.0. The smallest absolute Gasteiger partial charge is 0.0738 e. The summed E-state index contributed by atoms with van der Waals surface area (Å²) in [5.41, 5.74) is 3.33. The van der Waals surface area contributed by atoms with E-state index in [0.717, 1.165) is 40.1 Å². The summed E-state index contributed by atoms with van der Waals surface area (Å²) in [5, 5.41) is 8.87. The van der Waals surface area contributed by atoms with Crippen molar-refractivity contribution in [1.82, 2.24) is 15.1 Å². The van der Waals surface area contributed by atoms with Gasteiger partial charge >= 0.3 is 0 Å². The summed E-state index contributed by atoms with van der Waals surface area (Å²) in [4.78, 5) is 0. The molecule has 2 rings (SSSR count). The summed E-state index contributed by atoms with van der Waals surface area (Å²) in [6.07, 6.45) is 1.94. The molecule has 1 unspecified atom stereocenters. The standard InChI is InChI=1S/C16H21BrClN3/c1-4-9-19-14(12-7-5-6-8-13(12)18)10-15-16(17)11(2)20-21(15)3/h5-8,14,19H,4,9-10H2,1-3H3. The van der Waals surface area contributed by atoms with Crippen LogP contribution in [0.15, 0.2) is 28.7 Å². The highest BCUT2D eigenvalue weighted by Crippen LogP contribution is 2.29. The fourth-order valence-electron chi connectivity index (χ4n) is 2.46. The van der Waals surface area contributed by atoms with Crippen LogP contribution in [-0.4, -0.2) is 16.3 Å². The van der Waals surface area contributed by atoms with Crippen molar-refractivity contribution >= 4 is 27.5 Å². The van der Waals surface area contributed by atoms with Gasteiger partial charge in [-0.2, -0.15) is 5.10 Å². The second-order valence-electron chi connectivity index (χ2n) is 5.20. The molecule has 1 aromatic carbocycles. The maximum atomic E-state index is 6.37. The Balaban J connectivity index is 2.31. The van der Waals surface area contributed by atoms with Gasteiger partial charge in [-0.05, 0) is 47.4 Å². The Morgan fingerprint density at radius 1 is 1.38 bits per heavy atom. The van der Waals surface area contributed by atoms with E-state index >= 15 is 0 Å². The third-order valence-corrected chi connectivity index (χ3v) is 4.96. The van der Waals surface area contributed by atoms with Crippen molar-refractivity contribution < 1.29 is 0 Å². The fourth-order valence-corrected chi connectivity index (χ4v) is 3.23. The quantitative estimate of drug-likeness (QED) is 0.815. The predicted molar refractivity (Wildman–Crippen MR) is 91.8 cm³/mol. The lowest BCUT2D eigenvalue weighted by atomic mass is 10.0. The van der Waals surface area contributed by atoms with Crippen LogP contribution < -0.4 is 5.32 Å². The van der Waals surface area contributed by atoms with Gasteiger partial charge in [0.05, 0.1) is 15.9 Å². The minimum Gasteiger partial charge on any atom is -0.310 e. The highest BCUT2D eigenvalue weighted by atomic mass is 79.9. The minimum absolute atomic E-state index is 0.185. The van der Waals surface area contributed by atoms with Crippen molar-refractivity contribution in [1.29, 1.82) is 0 Å². The van der Waals surface area contributed by atoms with Crippen LogP contribution in [0.2, 0.25) is 5.02 Å². The Kier molecular flexibility index (Phi) is 5.85. The molecule has 0 aliphatic rings. The maximum Gasteiger partial charge on any atom is 0.0738 e. The molecule has 2 aromatic rings. The van der Waals surface area contributed by atoms with Gasteiger partial charge in [0.25, 0.3) is 0 Å². The molecule has 1 aromatic heterocycles. The summed E-state index contributed by atoms with van der Waals surface area (Å²) in [7, 11) is 1.98. The van der Waals surface area contributed by atoms with Crippen molar-refractivity contribution in [2.24, 2.45) is 7.05 Å². The maximum absolute atomic E-state index is 6.37. The molecule has 0 aliphatic heterocycles. The van der Waals surface area contributed by atoms with Gasteiger partial charge < -0.3 is 5.32 Å². The predicted octanol–water partition coefficient (Wildman–Crippen LogP) is 4.43. The lowest BCUT2D eigenvalue weighted by molar-refractivity contribution is 0.511. The Morgan fingerprint density at radius 2 is 2.10 bits per heavy atom. The topological polar surface area (TPSA) is 29.9 Å². The number of halogens is 2. The molecule has 0 saturated heterocycles. The number of hydrogen-bond acceptors (Lipinski definition) is 2. The molecule has 0 spiro atoms. The van der Waals surface area contributed by atoms with Gasteiger partial charge in [-0.25, -0.2) is 0 Å². The first-order chi connectivity index (χ1) is 10.0. The summed E-state index contributed by atoms with van der Waals surface area (Å²) in [5.74, 6) is 0. The van der Waals surface area contributed by atoms with E-state index in [9.17, 15) is 0 Å². The van der Waals surface area contributed by atoms with Crippen LogP contribution in [0.5, 0.6) is 0 Å². The molecule has 0 amide bonds. The van der Waals surface area contributed by atoms with Crippen LogP contribution in [0.1, 0.15) is 36.3 Å². The lowest BCUT2D eigenvalue weighted by Crippen LogP contribution is -2.25. The zero-order valence-electron chi connectivity index (χ0n) is 12.7. The van der Waals surface area contributed by atoms with E-state index in [2.05, 4.69) is 39.3 Å². The lowest BCUT2D eigenvalue weighted by Gasteiger charge is -2.20. The number of benzene rings is 1. The Morgan fingerprint density at radius 3 is 2.67 bits per heavy atom. The molecule has 1 N–H and O–H groups in total. The van der Waals surface area contributed by atoms with E-state index in [1.807, 2.05) is 36.9 Å². The van der Waals surface area contributed by atoms with Crippen LogP contribution in [-0.2, 0) is 13.5 Å². The number of aryl methyl sites for hydroxylation is 2. The molecule has 0 bridgehead atoms. The van der Waals surface area contributed by atoms with Crippen LogP contribution in [0.3, 0.4) is 0 Å². The average Bonchev–Trinajstić information content (AvgIpc) is 2.70. The first-order valence-corrected chi connectivity index (χ1v) is 8.37. The van der Waals surface area contributed by atoms with Crippen LogP contribution >= 0.6 is 27.5 Å². The molecule has 0 fully saturated rings. The molecule has 114 valence electrons. The first-order valence-electron chi connectivity index (χ1n) is 7.20. The second-order valence-corrected chi connectivity index (χ2v) is 6.40. The van der Waals surface area contributed by atoms with Crippen molar-refractivity contribution in [2.75, 3.05) is 6.54 Å². The molecule has 0 radical (unpaired) electrons. The van der Waals surface area contributed by atoms with E-state index < -0.39 is 0 Å². The molecule has 1 heterocycles. The summed E-state index contributed by atoms with van der Waals surface area (Å²) in [6.45, 7) is 5.14. The molecular formula is C16H21BrClN3. The SMILES string of the molecule is CCCNC(Cc1c(Br)c(C)nn1C)c1ccccc1Cl. The highest BCUT2D eigenvalue weighted by Gasteiger charge is 2.19. The molecule has 1 atom stereocenters. The zero-order valence-corrected chi connectivity index (χ0v) is 15.0. The first kappa shape index (κ1) is 16.5.